The number of carbonyl (C=O) groups excluding carboxylic acids is 1. The summed E-state index contributed by atoms with van der Waals surface area (Å²) in [7, 11) is 0. The van der Waals surface area contributed by atoms with Crippen LogP contribution >= 0.6 is 0 Å². The molecule has 0 aliphatic rings. The molecule has 0 bridgehead atoms. The molecule has 0 amide bonds. The first kappa shape index (κ1) is 12.5. The summed E-state index contributed by atoms with van der Waals surface area (Å²) >= 11 is 0. The zero-order valence-electron chi connectivity index (χ0n) is 10.4. The van der Waals surface area contributed by atoms with Gasteiger partial charge in [0, 0.05) is 17.3 Å². The second-order valence-electron chi connectivity index (χ2n) is 4.96. The highest BCUT2D eigenvalue weighted by Crippen LogP contribution is 2.15. The van der Waals surface area contributed by atoms with Gasteiger partial charge >= 0.3 is 0 Å². The quantitative estimate of drug-likeness (QED) is 0.785. The van der Waals surface area contributed by atoms with Crippen molar-refractivity contribution < 1.29 is 4.79 Å². The summed E-state index contributed by atoms with van der Waals surface area (Å²) in [6.07, 6.45) is 3.28. The van der Waals surface area contributed by atoms with Crippen LogP contribution in [0.1, 0.15) is 26.3 Å². The maximum absolute atomic E-state index is 11.6. The van der Waals surface area contributed by atoms with Crippen LogP contribution in [0.4, 0.5) is 5.69 Å². The Kier molecular flexibility index (Phi) is 3.88. The highest BCUT2D eigenvalue weighted by molar-refractivity contribution is 5.94. The number of aryl methyl sites for hydroxylation is 1. The number of hydrogen-bond acceptors (Lipinski definition) is 2. The van der Waals surface area contributed by atoms with E-state index in [1.165, 1.54) is 5.56 Å². The standard InChI is InChI=1S/C14H19NO/c1-11-6-5-7-12(10-11)15-9-8-13(16)14(2,3)4/h5-10,15H,1-4H3/b9-8+. The molecule has 1 aromatic rings. The highest BCUT2D eigenvalue weighted by Gasteiger charge is 2.17. The Morgan fingerprint density at radius 2 is 2.00 bits per heavy atom. The molecule has 0 spiro atoms. The minimum atomic E-state index is -0.315. The van der Waals surface area contributed by atoms with Gasteiger partial charge in [-0.05, 0) is 30.7 Å². The first-order chi connectivity index (χ1) is 7.39. The van der Waals surface area contributed by atoms with E-state index < -0.39 is 0 Å². The molecule has 1 N–H and O–H groups in total. The largest absolute Gasteiger partial charge is 0.362 e. The van der Waals surface area contributed by atoms with Crippen LogP contribution in [-0.4, -0.2) is 5.78 Å². The van der Waals surface area contributed by atoms with Crippen LogP contribution in [-0.2, 0) is 4.79 Å². The lowest BCUT2D eigenvalue weighted by molar-refractivity contribution is -0.121. The molecule has 1 aromatic carbocycles. The molecule has 0 radical (unpaired) electrons. The maximum atomic E-state index is 11.6. The highest BCUT2D eigenvalue weighted by atomic mass is 16.1. The summed E-state index contributed by atoms with van der Waals surface area (Å²) in [6, 6.07) is 8.02. The number of hydrogen-bond donors (Lipinski definition) is 1. The summed E-state index contributed by atoms with van der Waals surface area (Å²) in [5.41, 5.74) is 1.88. The van der Waals surface area contributed by atoms with Crippen molar-refractivity contribution in [1.29, 1.82) is 0 Å². The lowest BCUT2D eigenvalue weighted by atomic mass is 9.91. The average Bonchev–Trinajstić information content (AvgIpc) is 2.16. The van der Waals surface area contributed by atoms with Crippen molar-refractivity contribution in [1.82, 2.24) is 0 Å². The molecule has 0 aromatic heterocycles. The van der Waals surface area contributed by atoms with E-state index >= 15 is 0 Å². The van der Waals surface area contributed by atoms with Gasteiger partial charge in [-0.2, -0.15) is 0 Å². The maximum Gasteiger partial charge on any atom is 0.162 e. The fraction of sp³-hybridized carbons (Fsp3) is 0.357. The molecule has 0 saturated heterocycles. The molecule has 0 unspecified atom stereocenters. The van der Waals surface area contributed by atoms with Gasteiger partial charge in [0.15, 0.2) is 5.78 Å². The lowest BCUT2D eigenvalue weighted by Gasteiger charge is -2.13. The van der Waals surface area contributed by atoms with E-state index in [0.717, 1.165) is 5.69 Å². The molecule has 1 rings (SSSR count). The van der Waals surface area contributed by atoms with Crippen LogP contribution in [0.15, 0.2) is 36.5 Å². The van der Waals surface area contributed by atoms with Crippen LogP contribution < -0.4 is 5.32 Å². The van der Waals surface area contributed by atoms with Gasteiger partial charge in [0.25, 0.3) is 0 Å². The van der Waals surface area contributed by atoms with E-state index in [-0.39, 0.29) is 11.2 Å². The van der Waals surface area contributed by atoms with Gasteiger partial charge in [-0.25, -0.2) is 0 Å². The van der Waals surface area contributed by atoms with Crippen molar-refractivity contribution in [2.45, 2.75) is 27.7 Å². The predicted octanol–water partition coefficient (Wildman–Crippen LogP) is 3.54. The fourth-order valence-corrected chi connectivity index (χ4v) is 1.20. The van der Waals surface area contributed by atoms with E-state index in [0.29, 0.717) is 0 Å². The van der Waals surface area contributed by atoms with Crippen LogP contribution in [0.25, 0.3) is 0 Å². The zero-order valence-corrected chi connectivity index (χ0v) is 10.4. The third-order valence-electron chi connectivity index (χ3n) is 2.24. The minimum absolute atomic E-state index is 0.118. The summed E-state index contributed by atoms with van der Waals surface area (Å²) in [5, 5.41) is 3.09. The Bertz CT molecular complexity index is 399. The second kappa shape index (κ2) is 4.97. The minimum Gasteiger partial charge on any atom is -0.362 e. The first-order valence-corrected chi connectivity index (χ1v) is 5.44. The Balaban J connectivity index is 2.59. The third kappa shape index (κ3) is 3.89. The van der Waals surface area contributed by atoms with Crippen LogP contribution in [0, 0.1) is 12.3 Å². The van der Waals surface area contributed by atoms with E-state index in [1.807, 2.05) is 52.0 Å². The van der Waals surface area contributed by atoms with Gasteiger partial charge < -0.3 is 5.32 Å². The first-order valence-electron chi connectivity index (χ1n) is 5.44. The molecule has 86 valence electrons. The SMILES string of the molecule is Cc1cccc(N/C=C/C(=O)C(C)(C)C)c1. The molecule has 2 nitrogen and oxygen atoms in total. The van der Waals surface area contributed by atoms with Gasteiger partial charge in [-0.3, -0.25) is 4.79 Å². The van der Waals surface area contributed by atoms with E-state index in [2.05, 4.69) is 5.32 Å². The van der Waals surface area contributed by atoms with E-state index in [9.17, 15) is 4.79 Å². The zero-order chi connectivity index (χ0) is 12.2. The molecule has 0 saturated carbocycles. The van der Waals surface area contributed by atoms with E-state index in [1.54, 1.807) is 12.3 Å². The number of benzene rings is 1. The predicted molar refractivity (Wildman–Crippen MR) is 68.4 cm³/mol. The number of anilines is 1. The van der Waals surface area contributed by atoms with Crippen molar-refractivity contribution >= 4 is 11.5 Å². The number of carbonyl (C=O) groups is 1. The van der Waals surface area contributed by atoms with Crippen molar-refractivity contribution in [3.63, 3.8) is 0 Å². The topological polar surface area (TPSA) is 29.1 Å². The summed E-state index contributed by atoms with van der Waals surface area (Å²) in [4.78, 5) is 11.6. The summed E-state index contributed by atoms with van der Waals surface area (Å²) in [5.74, 6) is 0.118. The van der Waals surface area contributed by atoms with Gasteiger partial charge in [-0.1, -0.05) is 32.9 Å². The Morgan fingerprint density at radius 3 is 2.56 bits per heavy atom. The Morgan fingerprint density at radius 1 is 1.31 bits per heavy atom. The molecule has 0 heterocycles. The van der Waals surface area contributed by atoms with Crippen molar-refractivity contribution in [2.75, 3.05) is 5.32 Å². The van der Waals surface area contributed by atoms with Gasteiger partial charge in [0.2, 0.25) is 0 Å². The fourth-order valence-electron chi connectivity index (χ4n) is 1.20. The van der Waals surface area contributed by atoms with Crippen LogP contribution in [0.3, 0.4) is 0 Å². The van der Waals surface area contributed by atoms with Crippen molar-refractivity contribution in [3.05, 3.63) is 42.1 Å². The van der Waals surface area contributed by atoms with Crippen molar-refractivity contribution in [2.24, 2.45) is 5.41 Å². The van der Waals surface area contributed by atoms with Crippen molar-refractivity contribution in [3.8, 4) is 0 Å². The molecule has 0 aliphatic carbocycles. The monoisotopic (exact) mass is 217 g/mol. The molecule has 16 heavy (non-hydrogen) atoms. The number of rotatable bonds is 3. The van der Waals surface area contributed by atoms with Gasteiger partial charge in [0.1, 0.15) is 0 Å². The molecule has 2 heteroatoms. The molecular weight excluding hydrogens is 198 g/mol. The van der Waals surface area contributed by atoms with Gasteiger partial charge in [-0.15, -0.1) is 0 Å². The molecule has 0 atom stereocenters. The average molecular weight is 217 g/mol. The van der Waals surface area contributed by atoms with Gasteiger partial charge in [0.05, 0.1) is 0 Å². The Labute approximate surface area is 97.4 Å². The molecule has 0 aliphatic heterocycles. The normalized spacial score (nSPS) is 11.8. The number of allylic oxidation sites excluding steroid dienone is 1. The lowest BCUT2D eigenvalue weighted by Crippen LogP contribution is -2.17. The molecule has 0 fully saturated rings. The smallest absolute Gasteiger partial charge is 0.162 e. The number of nitrogens with one attached hydrogen (secondary N) is 1. The Hall–Kier alpha value is -1.57. The summed E-state index contributed by atoms with van der Waals surface area (Å²) in [6.45, 7) is 7.76. The van der Waals surface area contributed by atoms with E-state index in [4.69, 9.17) is 0 Å². The van der Waals surface area contributed by atoms with Crippen LogP contribution in [0.5, 0.6) is 0 Å². The molecular formula is C14H19NO. The number of ketones is 1. The third-order valence-corrected chi connectivity index (χ3v) is 2.24. The van der Waals surface area contributed by atoms with Crippen LogP contribution in [0.2, 0.25) is 0 Å². The summed E-state index contributed by atoms with van der Waals surface area (Å²) < 4.78 is 0. The second-order valence-corrected chi connectivity index (χ2v) is 4.96.